The first-order chi connectivity index (χ1) is 10.1. The number of carbonyl (C=O) groups is 1. The van der Waals surface area contributed by atoms with E-state index >= 15 is 0 Å². The average molecular weight is 288 g/mol. The summed E-state index contributed by atoms with van der Waals surface area (Å²) in [6, 6.07) is 8.01. The third kappa shape index (κ3) is 4.60. The monoisotopic (exact) mass is 288 g/mol. The van der Waals surface area contributed by atoms with Gasteiger partial charge in [-0.25, -0.2) is 0 Å². The second-order valence-corrected chi connectivity index (χ2v) is 5.82. The van der Waals surface area contributed by atoms with Gasteiger partial charge < -0.3 is 15.3 Å². The van der Waals surface area contributed by atoms with Crippen LogP contribution in [0.4, 0.5) is 5.69 Å². The molecule has 2 N–H and O–H groups in total. The molecule has 114 valence electrons. The first-order valence-corrected chi connectivity index (χ1v) is 7.47. The van der Waals surface area contributed by atoms with E-state index in [9.17, 15) is 9.90 Å². The second kappa shape index (κ2) is 7.27. The predicted molar refractivity (Wildman–Crippen MR) is 86.2 cm³/mol. The van der Waals surface area contributed by atoms with Crippen LogP contribution in [0.25, 0.3) is 6.08 Å². The van der Waals surface area contributed by atoms with Crippen LogP contribution in [0.2, 0.25) is 0 Å². The number of hydrogen-bond donors (Lipinski definition) is 2. The summed E-state index contributed by atoms with van der Waals surface area (Å²) < 4.78 is 0. The van der Waals surface area contributed by atoms with Gasteiger partial charge in [0.1, 0.15) is 0 Å². The highest BCUT2D eigenvalue weighted by Crippen LogP contribution is 2.24. The van der Waals surface area contributed by atoms with Crippen molar-refractivity contribution in [1.29, 1.82) is 0 Å². The maximum Gasteiger partial charge on any atom is 0.244 e. The van der Waals surface area contributed by atoms with Crippen molar-refractivity contribution in [3.05, 3.63) is 35.9 Å². The summed E-state index contributed by atoms with van der Waals surface area (Å²) >= 11 is 0. The number of nitrogens with zero attached hydrogens (tertiary/aromatic N) is 1. The van der Waals surface area contributed by atoms with Crippen molar-refractivity contribution in [3.63, 3.8) is 0 Å². The number of anilines is 1. The number of aliphatic hydroxyl groups excluding tert-OH is 1. The third-order valence-corrected chi connectivity index (χ3v) is 3.99. The van der Waals surface area contributed by atoms with E-state index in [1.165, 1.54) is 0 Å². The van der Waals surface area contributed by atoms with Crippen LogP contribution in [-0.2, 0) is 4.79 Å². The quantitative estimate of drug-likeness (QED) is 0.815. The molecule has 4 heteroatoms. The summed E-state index contributed by atoms with van der Waals surface area (Å²) in [7, 11) is 3.99. The van der Waals surface area contributed by atoms with E-state index in [-0.39, 0.29) is 17.9 Å². The minimum absolute atomic E-state index is 0.106. The molecule has 2 rings (SSSR count). The molecule has 21 heavy (non-hydrogen) atoms. The molecule has 0 aromatic heterocycles. The zero-order chi connectivity index (χ0) is 15.2. The summed E-state index contributed by atoms with van der Waals surface area (Å²) in [5, 5.41) is 12.6. The molecule has 2 unspecified atom stereocenters. The standard InChI is InChI=1S/C17H24N2O2/c1-19(2)15-9-6-13(7-10-15)8-11-17(21)18-12-14-4-3-5-16(14)20/h6-11,14,16,20H,3-5,12H2,1-2H3,(H,18,21). The van der Waals surface area contributed by atoms with Crippen LogP contribution >= 0.6 is 0 Å². The fourth-order valence-corrected chi connectivity index (χ4v) is 2.60. The second-order valence-electron chi connectivity index (χ2n) is 5.82. The average Bonchev–Trinajstić information content (AvgIpc) is 2.88. The molecule has 0 bridgehead atoms. The summed E-state index contributed by atoms with van der Waals surface area (Å²) in [5.74, 6) is 0.104. The van der Waals surface area contributed by atoms with E-state index in [2.05, 4.69) is 5.32 Å². The van der Waals surface area contributed by atoms with Crippen molar-refractivity contribution in [2.75, 3.05) is 25.5 Å². The molecule has 0 radical (unpaired) electrons. The van der Waals surface area contributed by atoms with E-state index in [0.717, 1.165) is 30.5 Å². The Hall–Kier alpha value is -1.81. The van der Waals surface area contributed by atoms with E-state index in [1.54, 1.807) is 12.2 Å². The van der Waals surface area contributed by atoms with Gasteiger partial charge in [0.15, 0.2) is 0 Å². The SMILES string of the molecule is CN(C)c1ccc(C=CC(=O)NCC2CCCC2O)cc1. The van der Waals surface area contributed by atoms with E-state index < -0.39 is 0 Å². The molecule has 4 nitrogen and oxygen atoms in total. The van der Waals surface area contributed by atoms with E-state index in [4.69, 9.17) is 0 Å². The van der Waals surface area contributed by atoms with Crippen LogP contribution in [0.3, 0.4) is 0 Å². The minimum Gasteiger partial charge on any atom is -0.393 e. The lowest BCUT2D eigenvalue weighted by Gasteiger charge is -2.14. The Labute approximate surface area is 126 Å². The molecule has 1 amide bonds. The minimum atomic E-state index is -0.257. The summed E-state index contributed by atoms with van der Waals surface area (Å²) in [4.78, 5) is 13.8. The lowest BCUT2D eigenvalue weighted by atomic mass is 10.1. The molecule has 1 aromatic rings. The number of benzene rings is 1. The largest absolute Gasteiger partial charge is 0.393 e. The highest BCUT2D eigenvalue weighted by Gasteiger charge is 2.24. The molecule has 0 aliphatic heterocycles. The van der Waals surface area contributed by atoms with Crippen LogP contribution in [0.15, 0.2) is 30.3 Å². The smallest absolute Gasteiger partial charge is 0.244 e. The number of hydrogen-bond acceptors (Lipinski definition) is 3. The molecular weight excluding hydrogens is 264 g/mol. The van der Waals surface area contributed by atoms with E-state index in [1.807, 2.05) is 43.3 Å². The lowest BCUT2D eigenvalue weighted by molar-refractivity contribution is -0.116. The molecule has 1 aromatic carbocycles. The van der Waals surface area contributed by atoms with Crippen molar-refractivity contribution in [2.24, 2.45) is 5.92 Å². The Morgan fingerprint density at radius 3 is 2.62 bits per heavy atom. The normalized spacial score (nSPS) is 21.7. The Morgan fingerprint density at radius 2 is 2.05 bits per heavy atom. The summed E-state index contributed by atoms with van der Waals surface area (Å²) in [6.45, 7) is 0.559. The fourth-order valence-electron chi connectivity index (χ4n) is 2.60. The van der Waals surface area contributed by atoms with Crippen LogP contribution in [-0.4, -0.2) is 37.8 Å². The Balaban J connectivity index is 1.81. The molecule has 2 atom stereocenters. The molecule has 0 saturated heterocycles. The zero-order valence-corrected chi connectivity index (χ0v) is 12.7. The fraction of sp³-hybridized carbons (Fsp3) is 0.471. The number of rotatable bonds is 5. The van der Waals surface area contributed by atoms with Crippen molar-refractivity contribution >= 4 is 17.7 Å². The number of nitrogens with one attached hydrogen (secondary N) is 1. The Morgan fingerprint density at radius 1 is 1.33 bits per heavy atom. The molecular formula is C17H24N2O2. The van der Waals surface area contributed by atoms with Crippen molar-refractivity contribution < 1.29 is 9.90 Å². The maximum atomic E-state index is 11.8. The Bertz CT molecular complexity index is 494. The van der Waals surface area contributed by atoms with Crippen molar-refractivity contribution in [1.82, 2.24) is 5.32 Å². The van der Waals surface area contributed by atoms with Gasteiger partial charge in [0.05, 0.1) is 6.10 Å². The molecule has 0 spiro atoms. The van der Waals surface area contributed by atoms with Gasteiger partial charge in [-0.3, -0.25) is 4.79 Å². The topological polar surface area (TPSA) is 52.6 Å². The van der Waals surface area contributed by atoms with Gasteiger partial charge in [-0.05, 0) is 36.6 Å². The predicted octanol–water partition coefficient (Wildman–Crippen LogP) is 2.04. The van der Waals surface area contributed by atoms with E-state index in [0.29, 0.717) is 6.54 Å². The van der Waals surface area contributed by atoms with Gasteiger partial charge in [0.2, 0.25) is 5.91 Å². The van der Waals surface area contributed by atoms with Gasteiger partial charge in [-0.2, -0.15) is 0 Å². The van der Waals surface area contributed by atoms with Gasteiger partial charge in [0, 0.05) is 38.3 Å². The highest BCUT2D eigenvalue weighted by atomic mass is 16.3. The molecule has 0 heterocycles. The van der Waals surface area contributed by atoms with Crippen LogP contribution < -0.4 is 10.2 Å². The molecule has 1 aliphatic rings. The molecule has 1 aliphatic carbocycles. The van der Waals surface area contributed by atoms with Gasteiger partial charge in [-0.1, -0.05) is 18.6 Å². The van der Waals surface area contributed by atoms with Gasteiger partial charge >= 0.3 is 0 Å². The molecule has 1 saturated carbocycles. The summed E-state index contributed by atoms with van der Waals surface area (Å²) in [6.07, 6.45) is 6.00. The first kappa shape index (κ1) is 15.6. The highest BCUT2D eigenvalue weighted by molar-refractivity contribution is 5.91. The van der Waals surface area contributed by atoms with Crippen LogP contribution in [0.1, 0.15) is 24.8 Å². The Kier molecular flexibility index (Phi) is 5.39. The number of aliphatic hydroxyl groups is 1. The lowest BCUT2D eigenvalue weighted by Crippen LogP contribution is -2.31. The molecule has 1 fully saturated rings. The summed E-state index contributed by atoms with van der Waals surface area (Å²) in [5.41, 5.74) is 2.13. The number of amides is 1. The van der Waals surface area contributed by atoms with Crippen LogP contribution in [0.5, 0.6) is 0 Å². The maximum absolute atomic E-state index is 11.8. The number of carbonyl (C=O) groups excluding carboxylic acids is 1. The zero-order valence-electron chi connectivity index (χ0n) is 12.7. The van der Waals surface area contributed by atoms with Crippen molar-refractivity contribution in [2.45, 2.75) is 25.4 Å². The van der Waals surface area contributed by atoms with Crippen molar-refractivity contribution in [3.8, 4) is 0 Å². The first-order valence-electron chi connectivity index (χ1n) is 7.47. The van der Waals surface area contributed by atoms with Gasteiger partial charge in [0.25, 0.3) is 0 Å². The van der Waals surface area contributed by atoms with Crippen LogP contribution in [0, 0.1) is 5.92 Å². The van der Waals surface area contributed by atoms with Gasteiger partial charge in [-0.15, -0.1) is 0 Å². The third-order valence-electron chi connectivity index (χ3n) is 3.99.